The van der Waals surface area contributed by atoms with Crippen molar-refractivity contribution in [3.63, 3.8) is 0 Å². The SMILES string of the molecule is [C-]#[N+]c1c(N2CCCN(C)CC2)nc(SCc2ccc(NC(=O)CN)cc2)c(C#N)c1CC. The standard InChI is InChI=1S/C24H29N7OS/c1-4-19-20(14-25)24(33-16-17-6-8-18(9-7-17)28-21(32)15-26)29-23(22(19)27-2)31-11-5-10-30(3)12-13-31/h6-9H,4-5,10-13,15-16,26H2,1,3H3,(H,28,32). The molecule has 1 amide bonds. The van der Waals surface area contributed by atoms with Crippen molar-refractivity contribution in [3.8, 4) is 6.07 Å². The van der Waals surface area contributed by atoms with E-state index in [-0.39, 0.29) is 12.5 Å². The fourth-order valence-electron chi connectivity index (χ4n) is 3.80. The summed E-state index contributed by atoms with van der Waals surface area (Å²) in [5.74, 6) is 1.08. The average molecular weight is 464 g/mol. The first-order valence-corrected chi connectivity index (χ1v) is 12.0. The zero-order chi connectivity index (χ0) is 23.8. The van der Waals surface area contributed by atoms with Crippen molar-refractivity contribution < 1.29 is 4.79 Å². The molecule has 3 rings (SSSR count). The van der Waals surface area contributed by atoms with Gasteiger partial charge in [-0.25, -0.2) is 9.83 Å². The third-order valence-electron chi connectivity index (χ3n) is 5.62. The van der Waals surface area contributed by atoms with Crippen LogP contribution in [0.1, 0.15) is 30.0 Å². The highest BCUT2D eigenvalue weighted by atomic mass is 32.2. The van der Waals surface area contributed by atoms with Crippen LogP contribution in [-0.2, 0) is 17.0 Å². The molecule has 8 nitrogen and oxygen atoms in total. The van der Waals surface area contributed by atoms with Crippen LogP contribution in [0, 0.1) is 17.9 Å². The van der Waals surface area contributed by atoms with E-state index in [0.29, 0.717) is 40.0 Å². The van der Waals surface area contributed by atoms with Crippen molar-refractivity contribution in [2.24, 2.45) is 5.73 Å². The number of anilines is 2. The van der Waals surface area contributed by atoms with Crippen molar-refractivity contribution >= 4 is 34.9 Å². The van der Waals surface area contributed by atoms with E-state index in [1.54, 1.807) is 0 Å². The van der Waals surface area contributed by atoms with Gasteiger partial charge < -0.3 is 20.9 Å². The number of hydrogen-bond donors (Lipinski definition) is 2. The van der Waals surface area contributed by atoms with Crippen molar-refractivity contribution in [1.82, 2.24) is 9.88 Å². The van der Waals surface area contributed by atoms with E-state index < -0.39 is 0 Å². The molecular weight excluding hydrogens is 434 g/mol. The number of likely N-dealkylation sites (N-methyl/N-ethyl adjacent to an activating group) is 1. The van der Waals surface area contributed by atoms with Crippen LogP contribution in [0.4, 0.5) is 17.2 Å². The normalized spacial score (nSPS) is 14.3. The van der Waals surface area contributed by atoms with Crippen LogP contribution in [0.2, 0.25) is 0 Å². The smallest absolute Gasteiger partial charge is 0.238 e. The average Bonchev–Trinajstić information content (AvgIpc) is 3.06. The van der Waals surface area contributed by atoms with Gasteiger partial charge in [0.1, 0.15) is 16.9 Å². The van der Waals surface area contributed by atoms with Crippen LogP contribution in [0.5, 0.6) is 0 Å². The van der Waals surface area contributed by atoms with Crippen LogP contribution in [0.3, 0.4) is 0 Å². The van der Waals surface area contributed by atoms with Crippen molar-refractivity contribution in [2.45, 2.75) is 30.5 Å². The van der Waals surface area contributed by atoms with Gasteiger partial charge >= 0.3 is 0 Å². The Labute approximate surface area is 199 Å². The number of carbonyl (C=O) groups is 1. The lowest BCUT2D eigenvalue weighted by atomic mass is 10.1. The number of nitrogens with one attached hydrogen (secondary N) is 1. The summed E-state index contributed by atoms with van der Waals surface area (Å²) in [6.45, 7) is 13.3. The van der Waals surface area contributed by atoms with E-state index in [2.05, 4.69) is 33.1 Å². The molecule has 0 aliphatic carbocycles. The van der Waals surface area contributed by atoms with Gasteiger partial charge in [0.25, 0.3) is 0 Å². The Morgan fingerprint density at radius 1 is 1.30 bits per heavy atom. The van der Waals surface area contributed by atoms with Crippen molar-refractivity contribution in [1.29, 1.82) is 5.26 Å². The van der Waals surface area contributed by atoms with Gasteiger partial charge in [-0.15, -0.1) is 11.8 Å². The molecule has 0 saturated carbocycles. The summed E-state index contributed by atoms with van der Waals surface area (Å²) >= 11 is 1.50. The van der Waals surface area contributed by atoms with Gasteiger partial charge in [-0.05, 0) is 49.7 Å². The highest BCUT2D eigenvalue weighted by molar-refractivity contribution is 7.98. The van der Waals surface area contributed by atoms with E-state index in [9.17, 15) is 10.1 Å². The van der Waals surface area contributed by atoms with Crippen molar-refractivity contribution in [2.75, 3.05) is 50.0 Å². The number of carbonyl (C=O) groups excluding carboxylic acids is 1. The number of nitriles is 1. The van der Waals surface area contributed by atoms with Crippen molar-refractivity contribution in [3.05, 3.63) is 52.4 Å². The van der Waals surface area contributed by atoms with Gasteiger partial charge in [-0.3, -0.25) is 4.79 Å². The molecule has 2 aromatic rings. The summed E-state index contributed by atoms with van der Waals surface area (Å²) in [5, 5.41) is 13.3. The molecule has 2 heterocycles. The molecule has 0 radical (unpaired) electrons. The van der Waals surface area contributed by atoms with Crippen LogP contribution in [0.15, 0.2) is 29.3 Å². The number of nitrogens with two attached hydrogens (primary N) is 1. The number of rotatable bonds is 7. The van der Waals surface area contributed by atoms with Gasteiger partial charge in [-0.1, -0.05) is 19.1 Å². The summed E-state index contributed by atoms with van der Waals surface area (Å²) in [6.07, 6.45) is 1.61. The largest absolute Gasteiger partial charge is 0.364 e. The maximum atomic E-state index is 11.5. The number of benzene rings is 1. The summed E-state index contributed by atoms with van der Waals surface area (Å²) < 4.78 is 0. The second-order valence-electron chi connectivity index (χ2n) is 7.90. The Kier molecular flexibility index (Phi) is 8.67. The number of pyridine rings is 1. The number of aromatic nitrogens is 1. The maximum absolute atomic E-state index is 11.5. The molecule has 3 N–H and O–H groups in total. The monoisotopic (exact) mass is 463 g/mol. The second kappa shape index (κ2) is 11.7. The predicted molar refractivity (Wildman–Crippen MR) is 133 cm³/mol. The third-order valence-corrected chi connectivity index (χ3v) is 6.66. The summed E-state index contributed by atoms with van der Waals surface area (Å²) in [7, 11) is 2.11. The lowest BCUT2D eigenvalue weighted by molar-refractivity contribution is -0.114. The van der Waals surface area contributed by atoms with Crippen LogP contribution >= 0.6 is 11.8 Å². The minimum Gasteiger partial charge on any atom is -0.364 e. The van der Waals surface area contributed by atoms with Crippen LogP contribution in [0.25, 0.3) is 4.85 Å². The molecule has 1 fully saturated rings. The van der Waals surface area contributed by atoms with Gasteiger partial charge in [0.2, 0.25) is 11.6 Å². The molecule has 1 saturated heterocycles. The van der Waals surface area contributed by atoms with Gasteiger partial charge in [0, 0.05) is 31.1 Å². The van der Waals surface area contributed by atoms with E-state index in [0.717, 1.165) is 43.7 Å². The topological polar surface area (TPSA) is 103 Å². The Morgan fingerprint density at radius 2 is 2.06 bits per heavy atom. The molecule has 1 aromatic heterocycles. The fraction of sp³-hybridized carbons (Fsp3) is 0.417. The first-order chi connectivity index (χ1) is 16.0. The predicted octanol–water partition coefficient (Wildman–Crippen LogP) is 3.40. The molecule has 1 aromatic carbocycles. The summed E-state index contributed by atoms with van der Waals surface area (Å²) in [6, 6.07) is 9.84. The van der Waals surface area contributed by atoms with E-state index >= 15 is 0 Å². The van der Waals surface area contributed by atoms with Crippen LogP contribution in [-0.4, -0.2) is 55.6 Å². The van der Waals surface area contributed by atoms with E-state index in [4.69, 9.17) is 17.3 Å². The molecule has 1 aliphatic rings. The first-order valence-electron chi connectivity index (χ1n) is 11.0. The first kappa shape index (κ1) is 24.5. The number of amides is 1. The Bertz CT molecular complexity index is 1070. The Morgan fingerprint density at radius 3 is 2.70 bits per heavy atom. The second-order valence-corrected chi connectivity index (χ2v) is 8.87. The Balaban J connectivity index is 1.88. The molecule has 0 atom stereocenters. The van der Waals surface area contributed by atoms with Gasteiger partial charge in [0.15, 0.2) is 0 Å². The van der Waals surface area contributed by atoms with Gasteiger partial charge in [0.05, 0.1) is 18.7 Å². The highest BCUT2D eigenvalue weighted by Crippen LogP contribution is 2.39. The van der Waals surface area contributed by atoms with E-state index in [1.165, 1.54) is 11.8 Å². The zero-order valence-electron chi connectivity index (χ0n) is 19.1. The molecule has 0 spiro atoms. The number of thioether (sulfide) groups is 1. The maximum Gasteiger partial charge on any atom is 0.238 e. The highest BCUT2D eigenvalue weighted by Gasteiger charge is 2.24. The lowest BCUT2D eigenvalue weighted by Gasteiger charge is -2.25. The Hall–Kier alpha value is -3.11. The minimum absolute atomic E-state index is 0.0593. The number of nitrogens with zero attached hydrogens (tertiary/aromatic N) is 5. The molecule has 33 heavy (non-hydrogen) atoms. The molecule has 0 unspecified atom stereocenters. The van der Waals surface area contributed by atoms with Crippen LogP contribution < -0.4 is 16.0 Å². The third kappa shape index (κ3) is 6.02. The fourth-order valence-corrected chi connectivity index (χ4v) is 4.76. The summed E-state index contributed by atoms with van der Waals surface area (Å²) in [5.41, 5.74) is 8.85. The lowest BCUT2D eigenvalue weighted by Crippen LogP contribution is -2.29. The van der Waals surface area contributed by atoms with E-state index in [1.807, 2.05) is 31.2 Å². The zero-order valence-corrected chi connectivity index (χ0v) is 19.9. The molecule has 9 heteroatoms. The quantitative estimate of drug-likeness (QED) is 0.479. The number of hydrogen-bond acceptors (Lipinski definition) is 7. The minimum atomic E-state index is -0.237. The molecule has 1 aliphatic heterocycles. The molecule has 172 valence electrons. The summed E-state index contributed by atoms with van der Waals surface area (Å²) in [4.78, 5) is 24.6. The molecular formula is C24H29N7OS. The molecule has 0 bridgehead atoms. The van der Waals surface area contributed by atoms with Gasteiger partial charge in [-0.2, -0.15) is 5.26 Å².